The summed E-state index contributed by atoms with van der Waals surface area (Å²) < 4.78 is 5.32. The maximum absolute atomic E-state index is 12.1. The number of nitrogens with two attached hydrogens (primary N) is 1. The van der Waals surface area contributed by atoms with E-state index in [2.05, 4.69) is 24.1 Å². The van der Waals surface area contributed by atoms with Crippen molar-refractivity contribution in [2.75, 3.05) is 39.4 Å². The molecule has 3 unspecified atom stereocenters. The van der Waals surface area contributed by atoms with Gasteiger partial charge in [-0.15, -0.1) is 0 Å². The molecule has 2 heterocycles. The van der Waals surface area contributed by atoms with Crippen LogP contribution in [0.1, 0.15) is 46.0 Å². The van der Waals surface area contributed by atoms with Gasteiger partial charge >= 0.3 is 0 Å². The van der Waals surface area contributed by atoms with Crippen LogP contribution in [0.4, 0.5) is 0 Å². The minimum atomic E-state index is -0.373. The fourth-order valence-electron chi connectivity index (χ4n) is 4.05. The van der Waals surface area contributed by atoms with Gasteiger partial charge in [-0.3, -0.25) is 4.79 Å². The van der Waals surface area contributed by atoms with Gasteiger partial charge in [0.25, 0.3) is 0 Å². The maximum atomic E-state index is 12.1. The van der Waals surface area contributed by atoms with E-state index in [0.29, 0.717) is 0 Å². The molecule has 3 N–H and O–H groups in total. The third kappa shape index (κ3) is 6.40. The first-order valence-electron chi connectivity index (χ1n) is 9.39. The molecule has 2 saturated heterocycles. The summed E-state index contributed by atoms with van der Waals surface area (Å²) in [6.07, 6.45) is 5.34. The van der Waals surface area contributed by atoms with Gasteiger partial charge in [0.1, 0.15) is 0 Å². The van der Waals surface area contributed by atoms with Crippen LogP contribution >= 0.6 is 0 Å². The zero-order valence-corrected chi connectivity index (χ0v) is 14.9. The highest BCUT2D eigenvalue weighted by molar-refractivity contribution is 5.81. The summed E-state index contributed by atoms with van der Waals surface area (Å²) in [5, 5.41) is 3.01. The lowest BCUT2D eigenvalue weighted by Gasteiger charge is -2.35. The van der Waals surface area contributed by atoms with Crippen molar-refractivity contribution in [3.8, 4) is 0 Å². The van der Waals surface area contributed by atoms with E-state index >= 15 is 0 Å². The summed E-state index contributed by atoms with van der Waals surface area (Å²) in [4.78, 5) is 14.7. The Balaban J connectivity index is 1.55. The van der Waals surface area contributed by atoms with Crippen molar-refractivity contribution in [2.24, 2.45) is 23.5 Å². The minimum Gasteiger partial charge on any atom is -0.381 e. The highest BCUT2D eigenvalue weighted by Gasteiger charge is 2.26. The summed E-state index contributed by atoms with van der Waals surface area (Å²) in [5.74, 6) is 1.92. The van der Waals surface area contributed by atoms with E-state index in [-0.39, 0.29) is 17.9 Å². The molecule has 3 atom stereocenters. The van der Waals surface area contributed by atoms with E-state index < -0.39 is 0 Å². The van der Waals surface area contributed by atoms with Gasteiger partial charge in [0, 0.05) is 32.8 Å². The van der Waals surface area contributed by atoms with Gasteiger partial charge in [-0.25, -0.2) is 0 Å². The Bertz CT molecular complexity index is 348. The lowest BCUT2D eigenvalue weighted by atomic mass is 9.91. The van der Waals surface area contributed by atoms with Gasteiger partial charge in [-0.2, -0.15) is 0 Å². The second-order valence-electron chi connectivity index (χ2n) is 7.68. The van der Waals surface area contributed by atoms with Crippen LogP contribution in [0.3, 0.4) is 0 Å². The van der Waals surface area contributed by atoms with Crippen molar-refractivity contribution in [1.82, 2.24) is 10.2 Å². The molecule has 2 fully saturated rings. The van der Waals surface area contributed by atoms with Crippen molar-refractivity contribution in [1.29, 1.82) is 0 Å². The molecule has 0 aromatic heterocycles. The van der Waals surface area contributed by atoms with E-state index in [1.165, 1.54) is 19.5 Å². The van der Waals surface area contributed by atoms with Gasteiger partial charge in [0.15, 0.2) is 0 Å². The summed E-state index contributed by atoms with van der Waals surface area (Å²) in [6, 6.07) is -0.373. The van der Waals surface area contributed by atoms with Crippen molar-refractivity contribution in [3.05, 3.63) is 0 Å². The largest absolute Gasteiger partial charge is 0.381 e. The van der Waals surface area contributed by atoms with Crippen LogP contribution in [0.15, 0.2) is 0 Å². The van der Waals surface area contributed by atoms with Crippen molar-refractivity contribution < 1.29 is 9.53 Å². The van der Waals surface area contributed by atoms with Crippen LogP contribution < -0.4 is 11.1 Å². The number of nitrogens with one attached hydrogen (secondary N) is 1. The van der Waals surface area contributed by atoms with Crippen LogP contribution in [-0.2, 0) is 9.53 Å². The molecule has 0 spiro atoms. The van der Waals surface area contributed by atoms with Crippen LogP contribution in [-0.4, -0.2) is 56.2 Å². The summed E-state index contributed by atoms with van der Waals surface area (Å²) >= 11 is 0. The van der Waals surface area contributed by atoms with E-state index in [4.69, 9.17) is 10.5 Å². The molecule has 2 aliphatic rings. The van der Waals surface area contributed by atoms with E-state index in [9.17, 15) is 4.79 Å². The molecule has 0 aliphatic carbocycles. The van der Waals surface area contributed by atoms with Crippen LogP contribution in [0.2, 0.25) is 0 Å². The fourth-order valence-corrected chi connectivity index (χ4v) is 4.05. The number of amides is 1. The molecule has 2 rings (SSSR count). The minimum absolute atomic E-state index is 0.0112. The zero-order chi connectivity index (χ0) is 16.7. The first-order valence-corrected chi connectivity index (χ1v) is 9.39. The zero-order valence-electron chi connectivity index (χ0n) is 14.9. The van der Waals surface area contributed by atoms with Crippen LogP contribution in [0, 0.1) is 17.8 Å². The predicted molar refractivity (Wildman–Crippen MR) is 93.1 cm³/mol. The van der Waals surface area contributed by atoms with E-state index in [0.717, 1.165) is 63.8 Å². The number of hydrogen-bond donors (Lipinski definition) is 2. The Morgan fingerprint density at radius 3 is 2.52 bits per heavy atom. The first kappa shape index (κ1) is 18.7. The lowest BCUT2D eigenvalue weighted by molar-refractivity contribution is -0.124. The predicted octanol–water partition coefficient (Wildman–Crippen LogP) is 1.61. The lowest BCUT2D eigenvalue weighted by Crippen LogP contribution is -2.47. The molecule has 0 aromatic carbocycles. The SMILES string of the molecule is CC1CC(C)CN(CCCCNC(=O)C(N)C2CCOCC2)C1. The van der Waals surface area contributed by atoms with Crippen molar-refractivity contribution >= 4 is 5.91 Å². The summed E-state index contributed by atoms with van der Waals surface area (Å²) in [6.45, 7) is 10.5. The second kappa shape index (κ2) is 9.60. The number of rotatable bonds is 7. The summed E-state index contributed by atoms with van der Waals surface area (Å²) in [5.41, 5.74) is 6.08. The molecule has 0 bridgehead atoms. The second-order valence-corrected chi connectivity index (χ2v) is 7.68. The maximum Gasteiger partial charge on any atom is 0.237 e. The molecule has 134 valence electrons. The molecule has 1 amide bonds. The third-order valence-electron chi connectivity index (χ3n) is 5.22. The summed E-state index contributed by atoms with van der Waals surface area (Å²) in [7, 11) is 0. The molecule has 23 heavy (non-hydrogen) atoms. The first-order chi connectivity index (χ1) is 11.1. The highest BCUT2D eigenvalue weighted by Crippen LogP contribution is 2.21. The van der Waals surface area contributed by atoms with Gasteiger partial charge in [-0.05, 0) is 56.4 Å². The molecule has 5 nitrogen and oxygen atoms in total. The number of nitrogens with zero attached hydrogens (tertiary/aromatic N) is 1. The molecule has 5 heteroatoms. The van der Waals surface area contributed by atoms with Gasteiger partial charge in [0.2, 0.25) is 5.91 Å². The topological polar surface area (TPSA) is 67.6 Å². The number of unbranched alkanes of at least 4 members (excludes halogenated alkanes) is 1. The van der Waals surface area contributed by atoms with E-state index in [1.807, 2.05) is 0 Å². The van der Waals surface area contributed by atoms with Gasteiger partial charge < -0.3 is 20.7 Å². The Labute approximate surface area is 141 Å². The number of ether oxygens (including phenoxy) is 1. The Morgan fingerprint density at radius 2 is 1.87 bits per heavy atom. The normalized spacial score (nSPS) is 28.5. The Morgan fingerprint density at radius 1 is 1.22 bits per heavy atom. The van der Waals surface area contributed by atoms with E-state index in [1.54, 1.807) is 0 Å². The quantitative estimate of drug-likeness (QED) is 0.698. The van der Waals surface area contributed by atoms with Crippen LogP contribution in [0.25, 0.3) is 0 Å². The smallest absolute Gasteiger partial charge is 0.237 e. The van der Waals surface area contributed by atoms with Crippen LogP contribution in [0.5, 0.6) is 0 Å². The number of likely N-dealkylation sites (tertiary alicyclic amines) is 1. The Hall–Kier alpha value is -0.650. The standard InChI is InChI=1S/C18H35N3O2/c1-14-11-15(2)13-21(12-14)8-4-3-7-20-18(22)17(19)16-5-9-23-10-6-16/h14-17H,3-13,19H2,1-2H3,(H,20,22). The molecule has 0 radical (unpaired) electrons. The molecular weight excluding hydrogens is 290 g/mol. The molecule has 2 aliphatic heterocycles. The Kier molecular flexibility index (Phi) is 7.80. The van der Waals surface area contributed by atoms with Gasteiger partial charge in [0.05, 0.1) is 6.04 Å². The molecule has 0 aromatic rings. The number of carbonyl (C=O) groups excluding carboxylic acids is 1. The highest BCUT2D eigenvalue weighted by atomic mass is 16.5. The number of hydrogen-bond acceptors (Lipinski definition) is 4. The average molecular weight is 325 g/mol. The molecule has 0 saturated carbocycles. The van der Waals surface area contributed by atoms with Crippen molar-refractivity contribution in [3.63, 3.8) is 0 Å². The number of carbonyl (C=O) groups is 1. The monoisotopic (exact) mass is 325 g/mol. The third-order valence-corrected chi connectivity index (χ3v) is 5.22. The number of piperidine rings is 1. The fraction of sp³-hybridized carbons (Fsp3) is 0.944. The van der Waals surface area contributed by atoms with Crippen molar-refractivity contribution in [2.45, 2.75) is 52.0 Å². The van der Waals surface area contributed by atoms with Gasteiger partial charge in [-0.1, -0.05) is 13.8 Å². The average Bonchev–Trinajstić information content (AvgIpc) is 2.53. The molecular formula is C18H35N3O2.